The number of alkyl carbamates (subject to hydrolysis) is 1. The molecule has 10 heteroatoms. The molecule has 1 saturated carbocycles. The lowest BCUT2D eigenvalue weighted by Crippen LogP contribution is -2.57. The predicted molar refractivity (Wildman–Crippen MR) is 157 cm³/mol. The van der Waals surface area contributed by atoms with Crippen molar-refractivity contribution in [2.45, 2.75) is 76.3 Å². The van der Waals surface area contributed by atoms with E-state index in [4.69, 9.17) is 14.5 Å². The summed E-state index contributed by atoms with van der Waals surface area (Å²) in [6, 6.07) is 12.1. The zero-order valence-electron chi connectivity index (χ0n) is 24.5. The third-order valence-corrected chi connectivity index (χ3v) is 8.51. The van der Waals surface area contributed by atoms with Crippen LogP contribution in [-0.4, -0.2) is 91.9 Å². The van der Waals surface area contributed by atoms with Gasteiger partial charge >= 0.3 is 6.09 Å². The van der Waals surface area contributed by atoms with Crippen LogP contribution >= 0.6 is 0 Å². The zero-order valence-corrected chi connectivity index (χ0v) is 24.5. The second kappa shape index (κ2) is 15.7. The fourth-order valence-electron chi connectivity index (χ4n) is 6.01. The first-order chi connectivity index (χ1) is 20.0. The number of nitriles is 1. The molecule has 3 aliphatic rings. The number of nitrogens with zero attached hydrogens (tertiary/aromatic N) is 4. The van der Waals surface area contributed by atoms with Gasteiger partial charge in [-0.3, -0.25) is 10.1 Å². The van der Waals surface area contributed by atoms with E-state index in [-0.39, 0.29) is 12.5 Å². The Morgan fingerprint density at radius 1 is 1.12 bits per heavy atom. The minimum Gasteiger partial charge on any atom is -0.450 e. The molecule has 2 amide bonds. The van der Waals surface area contributed by atoms with E-state index >= 15 is 0 Å². The normalized spacial score (nSPS) is 21.0. The topological polar surface area (TPSA) is 119 Å². The van der Waals surface area contributed by atoms with Crippen molar-refractivity contribution in [1.29, 1.82) is 5.26 Å². The van der Waals surface area contributed by atoms with Gasteiger partial charge in [-0.2, -0.15) is 5.26 Å². The summed E-state index contributed by atoms with van der Waals surface area (Å²) in [5, 5.41) is 16.1. The van der Waals surface area contributed by atoms with Crippen LogP contribution in [0.15, 0.2) is 35.3 Å². The Balaban J connectivity index is 1.46. The molecule has 1 aliphatic carbocycles. The molecule has 2 saturated heterocycles. The van der Waals surface area contributed by atoms with E-state index in [1.165, 1.54) is 12.0 Å². The van der Waals surface area contributed by atoms with Gasteiger partial charge in [0.05, 0.1) is 25.9 Å². The van der Waals surface area contributed by atoms with Crippen LogP contribution in [0.3, 0.4) is 0 Å². The smallest absolute Gasteiger partial charge is 0.413 e. The Labute approximate surface area is 244 Å². The molecule has 224 valence electrons. The summed E-state index contributed by atoms with van der Waals surface area (Å²) in [6.07, 6.45) is 7.76. The largest absolute Gasteiger partial charge is 0.450 e. The van der Waals surface area contributed by atoms with Gasteiger partial charge < -0.3 is 24.6 Å². The number of hydrogen-bond acceptors (Lipinski definition) is 7. The monoisotopic (exact) mass is 566 g/mol. The van der Waals surface area contributed by atoms with E-state index < -0.39 is 17.7 Å². The molecule has 2 N–H and O–H groups in total. The molecule has 2 aliphatic heterocycles. The summed E-state index contributed by atoms with van der Waals surface area (Å²) in [6.45, 7) is 6.56. The Morgan fingerprint density at radius 3 is 2.49 bits per heavy atom. The molecule has 1 atom stereocenters. The van der Waals surface area contributed by atoms with Crippen molar-refractivity contribution >= 4 is 18.0 Å². The molecule has 4 rings (SSSR count). The summed E-state index contributed by atoms with van der Waals surface area (Å²) in [5.41, 5.74) is 0.378. The molecule has 1 aromatic rings. The zero-order chi connectivity index (χ0) is 28.9. The van der Waals surface area contributed by atoms with Crippen molar-refractivity contribution in [2.24, 2.45) is 10.9 Å². The number of likely N-dealkylation sites (tertiary alicyclic amines) is 1. The molecule has 41 heavy (non-hydrogen) atoms. The van der Waals surface area contributed by atoms with Crippen molar-refractivity contribution < 1.29 is 19.1 Å². The van der Waals surface area contributed by atoms with Crippen molar-refractivity contribution in [3.05, 3.63) is 35.9 Å². The lowest BCUT2D eigenvalue weighted by atomic mass is 9.84. The van der Waals surface area contributed by atoms with Gasteiger partial charge in [0.1, 0.15) is 11.6 Å². The summed E-state index contributed by atoms with van der Waals surface area (Å²) in [7, 11) is 0. The highest BCUT2D eigenvalue weighted by Crippen LogP contribution is 2.29. The van der Waals surface area contributed by atoms with Gasteiger partial charge in [0.15, 0.2) is 0 Å². The van der Waals surface area contributed by atoms with Crippen LogP contribution in [0.2, 0.25) is 0 Å². The first-order valence-electron chi connectivity index (χ1n) is 15.3. The number of nitrogens with one attached hydrogen (secondary N) is 2. The van der Waals surface area contributed by atoms with Gasteiger partial charge in [-0.05, 0) is 44.1 Å². The molecule has 3 fully saturated rings. The summed E-state index contributed by atoms with van der Waals surface area (Å²) in [5.74, 6) is 0.477. The van der Waals surface area contributed by atoms with Gasteiger partial charge in [0.2, 0.25) is 11.9 Å². The van der Waals surface area contributed by atoms with Crippen LogP contribution in [0, 0.1) is 17.2 Å². The minimum absolute atomic E-state index is 0.237. The van der Waals surface area contributed by atoms with Crippen molar-refractivity contribution in [2.75, 3.05) is 52.5 Å². The van der Waals surface area contributed by atoms with Gasteiger partial charge in [-0.1, -0.05) is 62.4 Å². The Hall–Kier alpha value is -3.16. The lowest BCUT2D eigenvalue weighted by Gasteiger charge is -2.38. The quantitative estimate of drug-likeness (QED) is 0.347. The van der Waals surface area contributed by atoms with E-state index in [2.05, 4.69) is 45.9 Å². The third-order valence-electron chi connectivity index (χ3n) is 8.51. The van der Waals surface area contributed by atoms with Crippen LogP contribution in [0.4, 0.5) is 4.79 Å². The summed E-state index contributed by atoms with van der Waals surface area (Å²) < 4.78 is 10.6. The number of piperidine rings is 1. The number of aliphatic imine (C=N–C) groups is 1. The number of hydrogen-bond donors (Lipinski definition) is 2. The van der Waals surface area contributed by atoms with E-state index in [1.807, 2.05) is 11.0 Å². The highest BCUT2D eigenvalue weighted by molar-refractivity contribution is 5.96. The lowest BCUT2D eigenvalue weighted by molar-refractivity contribution is -0.124. The highest BCUT2D eigenvalue weighted by Gasteiger charge is 2.38. The number of rotatable bonds is 9. The number of amides is 2. The molecule has 0 radical (unpaired) electrons. The molecule has 0 spiro atoms. The number of guanidine groups is 1. The second-order valence-electron chi connectivity index (χ2n) is 11.4. The Bertz CT molecular complexity index is 1040. The molecule has 0 bridgehead atoms. The maximum absolute atomic E-state index is 13.9. The standard InChI is InChI=1S/C31H46N6O4/c1-2-41-30(39)34-29(37-19-21-40-22-20-37)33-27(23-26-11-7-4-8-12-26)28(38)35-31(24-32)14-17-36(18-15-31)16-13-25-9-5-3-6-10-25/h3,5-6,9-10,26-27H,2,4,7-8,11-23H2,1H3,(H,35,38)(H,33,34,39)/t27-/m0/s1. The Kier molecular flexibility index (Phi) is 11.8. The van der Waals surface area contributed by atoms with E-state index in [0.29, 0.717) is 57.4 Å². The highest BCUT2D eigenvalue weighted by atomic mass is 16.5. The molecular weight excluding hydrogens is 520 g/mol. The van der Waals surface area contributed by atoms with E-state index in [1.54, 1.807) is 6.92 Å². The first-order valence-corrected chi connectivity index (χ1v) is 15.3. The molecule has 10 nitrogen and oxygen atoms in total. The third kappa shape index (κ3) is 9.44. The minimum atomic E-state index is -0.922. The maximum atomic E-state index is 13.9. The van der Waals surface area contributed by atoms with Gasteiger partial charge in [-0.15, -0.1) is 0 Å². The van der Waals surface area contributed by atoms with Crippen LogP contribution in [0.25, 0.3) is 0 Å². The van der Waals surface area contributed by atoms with Gasteiger partial charge in [-0.25, -0.2) is 9.79 Å². The Morgan fingerprint density at radius 2 is 1.83 bits per heavy atom. The molecular formula is C31H46N6O4. The number of benzene rings is 1. The first kappa shape index (κ1) is 30.8. The average molecular weight is 567 g/mol. The maximum Gasteiger partial charge on any atom is 0.413 e. The fraction of sp³-hybridized carbons (Fsp3) is 0.677. The summed E-state index contributed by atoms with van der Waals surface area (Å²) >= 11 is 0. The predicted octanol–water partition coefficient (Wildman–Crippen LogP) is 3.48. The summed E-state index contributed by atoms with van der Waals surface area (Å²) in [4.78, 5) is 35.5. The molecule has 2 heterocycles. The number of carbonyl (C=O) groups excluding carboxylic acids is 2. The number of ether oxygens (including phenoxy) is 2. The second-order valence-corrected chi connectivity index (χ2v) is 11.4. The van der Waals surface area contributed by atoms with Crippen LogP contribution in [-0.2, 0) is 20.7 Å². The SMILES string of the molecule is CCOC(=O)NC(=N[C@@H](CC1CCCCC1)C(=O)NC1(C#N)CCN(CCc2ccccc2)CC1)N1CCOCC1. The van der Waals surface area contributed by atoms with Crippen LogP contribution < -0.4 is 10.6 Å². The molecule has 1 aromatic carbocycles. The van der Waals surface area contributed by atoms with Crippen LogP contribution in [0.5, 0.6) is 0 Å². The average Bonchev–Trinajstić information content (AvgIpc) is 3.01. The van der Waals surface area contributed by atoms with Crippen LogP contribution in [0.1, 0.15) is 63.9 Å². The van der Waals surface area contributed by atoms with Crippen molar-refractivity contribution in [3.63, 3.8) is 0 Å². The van der Waals surface area contributed by atoms with Gasteiger partial charge in [0, 0.05) is 32.7 Å². The molecule has 0 aromatic heterocycles. The number of morpholine rings is 1. The van der Waals surface area contributed by atoms with E-state index in [9.17, 15) is 14.9 Å². The van der Waals surface area contributed by atoms with Crippen molar-refractivity contribution in [1.82, 2.24) is 20.4 Å². The molecule has 0 unspecified atom stereocenters. The van der Waals surface area contributed by atoms with Gasteiger partial charge in [0.25, 0.3) is 0 Å². The number of carbonyl (C=O) groups is 2. The van der Waals surface area contributed by atoms with Crippen molar-refractivity contribution in [3.8, 4) is 6.07 Å². The van der Waals surface area contributed by atoms with E-state index in [0.717, 1.165) is 51.7 Å². The fourth-order valence-corrected chi connectivity index (χ4v) is 6.01.